The highest BCUT2D eigenvalue weighted by Gasteiger charge is 1.97. The molecule has 1 heterocycles. The molecule has 0 spiro atoms. The monoisotopic (exact) mass is 161 g/mol. The van der Waals surface area contributed by atoms with Gasteiger partial charge in [0.1, 0.15) is 5.82 Å². The summed E-state index contributed by atoms with van der Waals surface area (Å²) in [6, 6.07) is 3.66. The Morgan fingerprint density at radius 1 is 1.33 bits per heavy atom. The molecule has 1 aromatic rings. The number of hydrogen-bond acceptors (Lipinski definition) is 3. The standard InChI is InChI=1S/C9H11N3/c1-3-7-5-6-9(12-10)11-8(7)4-2/h3-6H,1-2,10H2,(H,11,12). The Balaban J connectivity index is 3.18. The highest BCUT2D eigenvalue weighted by atomic mass is 15.2. The Bertz CT molecular complexity index is 305. The molecule has 0 unspecified atom stereocenters. The minimum atomic E-state index is 0.621. The van der Waals surface area contributed by atoms with Crippen LogP contribution in [-0.4, -0.2) is 4.98 Å². The highest BCUT2D eigenvalue weighted by Crippen LogP contribution is 2.12. The van der Waals surface area contributed by atoms with Crippen LogP contribution < -0.4 is 11.3 Å². The molecule has 62 valence electrons. The van der Waals surface area contributed by atoms with Crippen molar-refractivity contribution in [3.63, 3.8) is 0 Å². The molecule has 0 atom stereocenters. The number of pyridine rings is 1. The van der Waals surface area contributed by atoms with Gasteiger partial charge in [0.25, 0.3) is 0 Å². The molecule has 0 fully saturated rings. The van der Waals surface area contributed by atoms with Gasteiger partial charge >= 0.3 is 0 Å². The van der Waals surface area contributed by atoms with E-state index in [2.05, 4.69) is 23.6 Å². The summed E-state index contributed by atoms with van der Waals surface area (Å²) in [4.78, 5) is 4.16. The normalized spacial score (nSPS) is 9.08. The molecule has 0 aliphatic carbocycles. The van der Waals surface area contributed by atoms with Crippen LogP contribution in [0.4, 0.5) is 5.82 Å². The van der Waals surface area contributed by atoms with Crippen molar-refractivity contribution in [1.29, 1.82) is 0 Å². The van der Waals surface area contributed by atoms with E-state index >= 15 is 0 Å². The fraction of sp³-hybridized carbons (Fsp3) is 0. The maximum atomic E-state index is 5.19. The molecule has 0 saturated carbocycles. The lowest BCUT2D eigenvalue weighted by atomic mass is 10.2. The van der Waals surface area contributed by atoms with Crippen LogP contribution in [0.1, 0.15) is 11.3 Å². The Morgan fingerprint density at radius 3 is 2.58 bits per heavy atom. The van der Waals surface area contributed by atoms with Crippen LogP contribution in [0.5, 0.6) is 0 Å². The van der Waals surface area contributed by atoms with Crippen molar-refractivity contribution in [2.24, 2.45) is 5.84 Å². The molecular weight excluding hydrogens is 150 g/mol. The Hall–Kier alpha value is -1.61. The smallest absolute Gasteiger partial charge is 0.140 e. The minimum absolute atomic E-state index is 0.621. The van der Waals surface area contributed by atoms with Gasteiger partial charge in [-0.15, -0.1) is 0 Å². The number of nitrogens with two attached hydrogens (primary N) is 1. The van der Waals surface area contributed by atoms with Crippen LogP contribution in [0, 0.1) is 0 Å². The summed E-state index contributed by atoms with van der Waals surface area (Å²) >= 11 is 0. The van der Waals surface area contributed by atoms with Crippen LogP contribution in [0.3, 0.4) is 0 Å². The van der Waals surface area contributed by atoms with E-state index in [1.54, 1.807) is 18.2 Å². The van der Waals surface area contributed by atoms with Crippen molar-refractivity contribution in [2.75, 3.05) is 5.43 Å². The van der Waals surface area contributed by atoms with Crippen LogP contribution in [-0.2, 0) is 0 Å². The first kappa shape index (κ1) is 8.49. The highest BCUT2D eigenvalue weighted by molar-refractivity contribution is 5.62. The fourth-order valence-electron chi connectivity index (χ4n) is 0.902. The molecule has 0 aromatic carbocycles. The predicted molar refractivity (Wildman–Crippen MR) is 52.2 cm³/mol. The maximum absolute atomic E-state index is 5.19. The van der Waals surface area contributed by atoms with Gasteiger partial charge in [0.15, 0.2) is 0 Å². The molecule has 0 saturated heterocycles. The van der Waals surface area contributed by atoms with E-state index in [4.69, 9.17) is 5.84 Å². The zero-order valence-corrected chi connectivity index (χ0v) is 6.75. The van der Waals surface area contributed by atoms with Gasteiger partial charge in [-0.05, 0) is 23.8 Å². The number of hydrogen-bond donors (Lipinski definition) is 2. The molecule has 3 N–H and O–H groups in total. The SMILES string of the molecule is C=Cc1ccc(NN)nc1C=C. The van der Waals surface area contributed by atoms with Gasteiger partial charge in [-0.2, -0.15) is 0 Å². The first-order valence-corrected chi connectivity index (χ1v) is 3.54. The van der Waals surface area contributed by atoms with Gasteiger partial charge < -0.3 is 5.43 Å². The first-order valence-electron chi connectivity index (χ1n) is 3.54. The molecule has 1 rings (SSSR count). The van der Waals surface area contributed by atoms with Crippen LogP contribution in [0.25, 0.3) is 12.2 Å². The van der Waals surface area contributed by atoms with E-state index < -0.39 is 0 Å². The maximum Gasteiger partial charge on any atom is 0.140 e. The predicted octanol–water partition coefficient (Wildman–Crippen LogP) is 1.65. The van der Waals surface area contributed by atoms with Crippen molar-refractivity contribution in [2.45, 2.75) is 0 Å². The van der Waals surface area contributed by atoms with Crippen molar-refractivity contribution in [3.8, 4) is 0 Å². The average molecular weight is 161 g/mol. The minimum Gasteiger partial charge on any atom is -0.308 e. The molecule has 3 heteroatoms. The van der Waals surface area contributed by atoms with E-state index in [0.29, 0.717) is 5.82 Å². The van der Waals surface area contributed by atoms with E-state index in [9.17, 15) is 0 Å². The lowest BCUT2D eigenvalue weighted by Gasteiger charge is -2.02. The second-order valence-corrected chi connectivity index (χ2v) is 2.22. The fourth-order valence-corrected chi connectivity index (χ4v) is 0.902. The van der Waals surface area contributed by atoms with Gasteiger partial charge in [-0.3, -0.25) is 0 Å². The third kappa shape index (κ3) is 1.52. The largest absolute Gasteiger partial charge is 0.308 e. The summed E-state index contributed by atoms with van der Waals surface area (Å²) in [5, 5.41) is 0. The number of anilines is 1. The topological polar surface area (TPSA) is 50.9 Å². The number of nitrogens with zero attached hydrogens (tertiary/aromatic N) is 1. The second kappa shape index (κ2) is 3.69. The summed E-state index contributed by atoms with van der Waals surface area (Å²) in [6.07, 6.45) is 3.39. The van der Waals surface area contributed by atoms with Crippen molar-refractivity contribution in [1.82, 2.24) is 4.98 Å². The van der Waals surface area contributed by atoms with Crippen LogP contribution in [0.15, 0.2) is 25.3 Å². The van der Waals surface area contributed by atoms with Gasteiger partial charge in [-0.1, -0.05) is 19.2 Å². The second-order valence-electron chi connectivity index (χ2n) is 2.22. The zero-order chi connectivity index (χ0) is 8.97. The molecule has 1 aromatic heterocycles. The molecule has 0 radical (unpaired) electrons. The third-order valence-corrected chi connectivity index (χ3v) is 1.52. The quantitative estimate of drug-likeness (QED) is 0.523. The Morgan fingerprint density at radius 2 is 2.08 bits per heavy atom. The summed E-state index contributed by atoms with van der Waals surface area (Å²) in [6.45, 7) is 7.29. The average Bonchev–Trinajstić information content (AvgIpc) is 2.16. The molecule has 0 bridgehead atoms. The number of nitrogens with one attached hydrogen (secondary N) is 1. The Kier molecular flexibility index (Phi) is 2.61. The number of nitrogen functional groups attached to an aromatic ring is 1. The number of aromatic nitrogens is 1. The number of rotatable bonds is 3. The molecule has 12 heavy (non-hydrogen) atoms. The first-order chi connectivity index (χ1) is 5.81. The van der Waals surface area contributed by atoms with E-state index in [1.807, 2.05) is 6.07 Å². The van der Waals surface area contributed by atoms with E-state index in [0.717, 1.165) is 11.3 Å². The lowest BCUT2D eigenvalue weighted by Crippen LogP contribution is -2.08. The van der Waals surface area contributed by atoms with Gasteiger partial charge in [0.05, 0.1) is 5.69 Å². The summed E-state index contributed by atoms with van der Waals surface area (Å²) < 4.78 is 0. The lowest BCUT2D eigenvalue weighted by molar-refractivity contribution is 1.21. The molecule has 3 nitrogen and oxygen atoms in total. The van der Waals surface area contributed by atoms with E-state index in [-0.39, 0.29) is 0 Å². The molecule has 0 aliphatic heterocycles. The van der Waals surface area contributed by atoms with Gasteiger partial charge in [0.2, 0.25) is 0 Å². The molecule has 0 amide bonds. The van der Waals surface area contributed by atoms with Crippen molar-refractivity contribution >= 4 is 18.0 Å². The molecule has 0 aliphatic rings. The van der Waals surface area contributed by atoms with E-state index in [1.165, 1.54) is 0 Å². The summed E-state index contributed by atoms with van der Waals surface area (Å²) in [7, 11) is 0. The van der Waals surface area contributed by atoms with Gasteiger partial charge in [0, 0.05) is 0 Å². The molecular formula is C9H11N3. The van der Waals surface area contributed by atoms with Gasteiger partial charge in [-0.25, -0.2) is 10.8 Å². The van der Waals surface area contributed by atoms with Crippen molar-refractivity contribution < 1.29 is 0 Å². The Labute approximate surface area is 71.6 Å². The summed E-state index contributed by atoms with van der Waals surface area (Å²) in [5.41, 5.74) is 4.19. The number of hydrazine groups is 1. The van der Waals surface area contributed by atoms with Crippen LogP contribution in [0.2, 0.25) is 0 Å². The third-order valence-electron chi connectivity index (χ3n) is 1.52. The van der Waals surface area contributed by atoms with Crippen molar-refractivity contribution in [3.05, 3.63) is 36.5 Å². The van der Waals surface area contributed by atoms with Crippen LogP contribution >= 0.6 is 0 Å². The summed E-state index contributed by atoms with van der Waals surface area (Å²) in [5.74, 6) is 5.81. The zero-order valence-electron chi connectivity index (χ0n) is 6.75.